The van der Waals surface area contributed by atoms with Crippen molar-refractivity contribution in [3.05, 3.63) is 45.3 Å². The molecular formula is C18H25N2O3+. The highest BCUT2D eigenvalue weighted by molar-refractivity contribution is 5.81. The van der Waals surface area contributed by atoms with Crippen LogP contribution in [0.25, 0.3) is 11.0 Å². The molecule has 1 heterocycles. The maximum absolute atomic E-state index is 11.8. The van der Waals surface area contributed by atoms with E-state index in [1.54, 1.807) is 0 Å². The number of carbonyl (C=O) groups excluding carboxylic acids is 1. The molecule has 1 aromatic carbocycles. The van der Waals surface area contributed by atoms with Gasteiger partial charge in [-0.25, -0.2) is 4.79 Å². The maximum Gasteiger partial charge on any atom is 0.336 e. The summed E-state index contributed by atoms with van der Waals surface area (Å²) in [5.41, 5.74) is 3.43. The summed E-state index contributed by atoms with van der Waals surface area (Å²) in [5, 5.41) is 3.82. The van der Waals surface area contributed by atoms with E-state index in [1.165, 1.54) is 6.07 Å². The van der Waals surface area contributed by atoms with E-state index in [-0.39, 0.29) is 11.5 Å². The van der Waals surface area contributed by atoms with Crippen LogP contribution in [-0.2, 0) is 11.3 Å². The third kappa shape index (κ3) is 4.42. The van der Waals surface area contributed by atoms with E-state index in [1.807, 2.05) is 40.0 Å². The molecule has 1 aromatic heterocycles. The molecule has 124 valence electrons. The zero-order chi connectivity index (χ0) is 17.0. The molecule has 0 spiro atoms. The highest BCUT2D eigenvalue weighted by Crippen LogP contribution is 2.21. The number of hydrogen-bond donors (Lipinski definition) is 2. The van der Waals surface area contributed by atoms with Crippen molar-refractivity contribution in [3.63, 3.8) is 0 Å². The van der Waals surface area contributed by atoms with E-state index in [0.29, 0.717) is 25.2 Å². The molecule has 2 rings (SSSR count). The summed E-state index contributed by atoms with van der Waals surface area (Å²) in [6.07, 6.45) is 0.924. The standard InChI is InChI=1S/C18H24N2O3/c1-5-6-19-17(21)11-20(4)10-14-9-18(22)23-16-8-13(3)12(2)7-15(14)16/h7-9H,5-6,10-11H2,1-4H3,(H,19,21)/p+1. The van der Waals surface area contributed by atoms with Crippen LogP contribution in [0.2, 0.25) is 0 Å². The number of carbonyl (C=O) groups is 1. The Bertz CT molecular complexity index is 765. The zero-order valence-corrected chi connectivity index (χ0v) is 14.3. The lowest BCUT2D eigenvalue weighted by atomic mass is 10.0. The second kappa shape index (κ2) is 7.42. The minimum absolute atomic E-state index is 0.0312. The minimum Gasteiger partial charge on any atom is -0.423 e. The highest BCUT2D eigenvalue weighted by atomic mass is 16.4. The molecule has 0 aliphatic carbocycles. The summed E-state index contributed by atoms with van der Waals surface area (Å²) in [6.45, 7) is 7.74. The van der Waals surface area contributed by atoms with E-state index in [9.17, 15) is 9.59 Å². The molecule has 23 heavy (non-hydrogen) atoms. The van der Waals surface area contributed by atoms with Crippen molar-refractivity contribution in [1.82, 2.24) is 5.32 Å². The summed E-state index contributed by atoms with van der Waals surface area (Å²) in [6, 6.07) is 5.48. The van der Waals surface area contributed by atoms with Crippen molar-refractivity contribution >= 4 is 16.9 Å². The molecule has 0 aliphatic heterocycles. The first-order chi connectivity index (χ1) is 10.9. The van der Waals surface area contributed by atoms with E-state index >= 15 is 0 Å². The molecule has 5 nitrogen and oxygen atoms in total. The normalized spacial score (nSPS) is 12.3. The second-order valence-corrected chi connectivity index (χ2v) is 6.18. The van der Waals surface area contributed by atoms with Crippen LogP contribution in [0.15, 0.2) is 27.4 Å². The van der Waals surface area contributed by atoms with Gasteiger partial charge in [-0.1, -0.05) is 6.92 Å². The molecule has 0 fully saturated rings. The Labute approximate surface area is 136 Å². The molecule has 1 unspecified atom stereocenters. The largest absolute Gasteiger partial charge is 0.423 e. The molecule has 1 atom stereocenters. The van der Waals surface area contributed by atoms with Gasteiger partial charge in [0.25, 0.3) is 5.91 Å². The first kappa shape index (κ1) is 17.2. The Morgan fingerprint density at radius 2 is 1.91 bits per heavy atom. The summed E-state index contributed by atoms with van der Waals surface area (Å²) in [4.78, 5) is 24.6. The van der Waals surface area contributed by atoms with Crippen LogP contribution in [0.1, 0.15) is 30.0 Å². The first-order valence-corrected chi connectivity index (χ1v) is 8.02. The van der Waals surface area contributed by atoms with Crippen LogP contribution < -0.4 is 15.8 Å². The summed E-state index contributed by atoms with van der Waals surface area (Å²) >= 11 is 0. The van der Waals surface area contributed by atoms with Crippen molar-refractivity contribution in [2.75, 3.05) is 20.1 Å². The van der Waals surface area contributed by atoms with Crippen LogP contribution in [0.4, 0.5) is 0 Å². The second-order valence-electron chi connectivity index (χ2n) is 6.18. The maximum atomic E-state index is 11.8. The number of benzene rings is 1. The number of fused-ring (bicyclic) bond motifs is 1. The smallest absolute Gasteiger partial charge is 0.336 e. The Hall–Kier alpha value is -2.14. The Balaban J connectivity index is 2.24. The van der Waals surface area contributed by atoms with Gasteiger partial charge < -0.3 is 14.6 Å². The van der Waals surface area contributed by atoms with Gasteiger partial charge in [-0.15, -0.1) is 0 Å². The zero-order valence-electron chi connectivity index (χ0n) is 14.3. The SMILES string of the molecule is CCCNC(=O)C[NH+](C)Cc1cc(=O)oc2cc(C)c(C)cc12. The summed E-state index contributed by atoms with van der Waals surface area (Å²) in [5.74, 6) is 0.0312. The van der Waals surface area contributed by atoms with Crippen molar-refractivity contribution in [2.24, 2.45) is 0 Å². The fourth-order valence-electron chi connectivity index (χ4n) is 2.62. The number of rotatable bonds is 6. The van der Waals surface area contributed by atoms with Crippen LogP contribution in [0.3, 0.4) is 0 Å². The molecule has 0 aliphatic rings. The van der Waals surface area contributed by atoms with Gasteiger partial charge in [0, 0.05) is 23.6 Å². The number of amides is 1. The molecule has 2 N–H and O–H groups in total. The quantitative estimate of drug-likeness (QED) is 0.780. The predicted octanol–water partition coefficient (Wildman–Crippen LogP) is 0.951. The number of hydrogen-bond acceptors (Lipinski definition) is 3. The lowest BCUT2D eigenvalue weighted by Crippen LogP contribution is -3.08. The third-order valence-electron chi connectivity index (χ3n) is 3.97. The lowest BCUT2D eigenvalue weighted by molar-refractivity contribution is -0.885. The van der Waals surface area contributed by atoms with Gasteiger partial charge >= 0.3 is 5.63 Å². The van der Waals surface area contributed by atoms with E-state index in [2.05, 4.69) is 5.32 Å². The van der Waals surface area contributed by atoms with E-state index < -0.39 is 0 Å². The van der Waals surface area contributed by atoms with Crippen LogP contribution >= 0.6 is 0 Å². The molecule has 0 saturated heterocycles. The van der Waals surface area contributed by atoms with Gasteiger partial charge in [0.05, 0.1) is 7.05 Å². The average molecular weight is 317 g/mol. The Morgan fingerprint density at radius 1 is 1.22 bits per heavy atom. The molecule has 5 heteroatoms. The average Bonchev–Trinajstić information content (AvgIpc) is 2.47. The molecule has 1 amide bonds. The molecular weight excluding hydrogens is 292 g/mol. The lowest BCUT2D eigenvalue weighted by Gasteiger charge is -2.15. The fraction of sp³-hybridized carbons (Fsp3) is 0.444. The van der Waals surface area contributed by atoms with Gasteiger partial charge in [-0.05, 0) is 43.5 Å². The molecule has 2 aromatic rings. The summed E-state index contributed by atoms with van der Waals surface area (Å²) < 4.78 is 5.31. The minimum atomic E-state index is -0.348. The van der Waals surface area contributed by atoms with Gasteiger partial charge in [-0.3, -0.25) is 4.79 Å². The third-order valence-corrected chi connectivity index (χ3v) is 3.97. The number of likely N-dealkylation sites (N-methyl/N-ethyl adjacent to an activating group) is 1. The van der Waals surface area contributed by atoms with Gasteiger partial charge in [0.2, 0.25) is 0 Å². The number of aryl methyl sites for hydroxylation is 2. The van der Waals surface area contributed by atoms with E-state index in [0.717, 1.165) is 33.4 Å². The van der Waals surface area contributed by atoms with Crippen LogP contribution in [-0.4, -0.2) is 26.0 Å². The molecule has 0 bridgehead atoms. The van der Waals surface area contributed by atoms with Crippen molar-refractivity contribution < 1.29 is 14.1 Å². The Kier molecular flexibility index (Phi) is 5.55. The van der Waals surface area contributed by atoms with E-state index in [4.69, 9.17) is 4.42 Å². The monoisotopic (exact) mass is 317 g/mol. The van der Waals surface area contributed by atoms with Crippen LogP contribution in [0.5, 0.6) is 0 Å². The van der Waals surface area contributed by atoms with Gasteiger partial charge in [0.15, 0.2) is 6.54 Å². The van der Waals surface area contributed by atoms with Crippen molar-refractivity contribution in [2.45, 2.75) is 33.7 Å². The van der Waals surface area contributed by atoms with Crippen LogP contribution in [0, 0.1) is 13.8 Å². The van der Waals surface area contributed by atoms with Crippen molar-refractivity contribution in [3.8, 4) is 0 Å². The number of quaternary nitrogens is 1. The predicted molar refractivity (Wildman–Crippen MR) is 90.7 cm³/mol. The Morgan fingerprint density at radius 3 is 2.61 bits per heavy atom. The van der Waals surface area contributed by atoms with Crippen molar-refractivity contribution in [1.29, 1.82) is 0 Å². The fourth-order valence-corrected chi connectivity index (χ4v) is 2.62. The highest BCUT2D eigenvalue weighted by Gasteiger charge is 2.14. The molecule has 0 radical (unpaired) electrons. The number of nitrogens with one attached hydrogen (secondary N) is 2. The summed E-state index contributed by atoms with van der Waals surface area (Å²) in [7, 11) is 1.95. The van der Waals surface area contributed by atoms with Gasteiger partial charge in [0.1, 0.15) is 12.1 Å². The topological polar surface area (TPSA) is 63.8 Å². The molecule has 0 saturated carbocycles. The first-order valence-electron chi connectivity index (χ1n) is 8.02. The van der Waals surface area contributed by atoms with Gasteiger partial charge in [-0.2, -0.15) is 0 Å².